The Morgan fingerprint density at radius 1 is 1.28 bits per heavy atom. The van der Waals surface area contributed by atoms with E-state index >= 15 is 0 Å². The molecule has 0 saturated carbocycles. The predicted molar refractivity (Wildman–Crippen MR) is 114 cm³/mol. The van der Waals surface area contributed by atoms with Crippen LogP contribution < -0.4 is 10.6 Å². The van der Waals surface area contributed by atoms with Crippen LogP contribution in [0.2, 0.25) is 0 Å². The monoisotopic (exact) mass is 409 g/mol. The lowest BCUT2D eigenvalue weighted by molar-refractivity contribution is -0.123. The quantitative estimate of drug-likeness (QED) is 0.670. The van der Waals surface area contributed by atoms with Crippen molar-refractivity contribution in [1.82, 2.24) is 10.3 Å². The summed E-state index contributed by atoms with van der Waals surface area (Å²) in [5, 5.41) is 5.93. The molecule has 2 heterocycles. The van der Waals surface area contributed by atoms with Crippen molar-refractivity contribution in [3.63, 3.8) is 0 Å². The molecule has 4 rings (SSSR count). The van der Waals surface area contributed by atoms with Crippen molar-refractivity contribution in [3.05, 3.63) is 58.6 Å². The van der Waals surface area contributed by atoms with Crippen LogP contribution in [-0.4, -0.2) is 30.0 Å². The number of anilines is 1. The van der Waals surface area contributed by atoms with Gasteiger partial charge in [0.25, 0.3) is 5.91 Å². The zero-order valence-electron chi connectivity index (χ0n) is 16.2. The molecule has 29 heavy (non-hydrogen) atoms. The Morgan fingerprint density at radius 2 is 2.17 bits per heavy atom. The number of nitrogens with zero attached hydrogens (tertiary/aromatic N) is 1. The van der Waals surface area contributed by atoms with Gasteiger partial charge in [0.15, 0.2) is 0 Å². The van der Waals surface area contributed by atoms with Gasteiger partial charge in [0, 0.05) is 24.4 Å². The van der Waals surface area contributed by atoms with Crippen LogP contribution in [-0.2, 0) is 16.1 Å². The number of amides is 2. The van der Waals surface area contributed by atoms with Crippen LogP contribution >= 0.6 is 11.3 Å². The third-order valence-corrected chi connectivity index (χ3v) is 6.08. The van der Waals surface area contributed by atoms with Crippen LogP contribution in [0.3, 0.4) is 0 Å². The molecule has 7 heteroatoms. The molecule has 2 amide bonds. The highest BCUT2D eigenvalue weighted by Gasteiger charge is 2.22. The molecular formula is C22H23N3O3S. The number of hydrogen-bond donors (Lipinski definition) is 2. The van der Waals surface area contributed by atoms with Crippen molar-refractivity contribution in [2.75, 3.05) is 18.5 Å². The minimum atomic E-state index is -0.178. The smallest absolute Gasteiger partial charge is 0.251 e. The number of nitrogens with one attached hydrogen (secondary N) is 2. The van der Waals surface area contributed by atoms with Gasteiger partial charge in [-0.2, -0.15) is 0 Å². The summed E-state index contributed by atoms with van der Waals surface area (Å²) in [6.45, 7) is 3.51. The molecular weight excluding hydrogens is 386 g/mol. The molecule has 6 nitrogen and oxygen atoms in total. The fourth-order valence-corrected chi connectivity index (χ4v) is 4.25. The highest BCUT2D eigenvalue weighted by atomic mass is 32.1. The number of aryl methyl sites for hydroxylation is 1. The largest absolute Gasteiger partial charge is 0.381 e. The Labute approximate surface area is 173 Å². The molecule has 0 spiro atoms. The Bertz CT molecular complexity index is 1040. The van der Waals surface area contributed by atoms with Crippen molar-refractivity contribution in [2.45, 2.75) is 26.3 Å². The number of thiazole rings is 1. The van der Waals surface area contributed by atoms with E-state index in [0.29, 0.717) is 31.0 Å². The van der Waals surface area contributed by atoms with Crippen LogP contribution in [0.1, 0.15) is 34.3 Å². The number of fused-ring (bicyclic) bond motifs is 1. The number of carbonyl (C=O) groups is 2. The summed E-state index contributed by atoms with van der Waals surface area (Å²) in [6, 6.07) is 11.3. The summed E-state index contributed by atoms with van der Waals surface area (Å²) in [5.41, 5.74) is 5.88. The maximum atomic E-state index is 12.7. The van der Waals surface area contributed by atoms with Crippen molar-refractivity contribution >= 4 is 39.1 Å². The second-order valence-corrected chi connectivity index (χ2v) is 8.09. The van der Waals surface area contributed by atoms with Crippen molar-refractivity contribution < 1.29 is 14.3 Å². The SMILES string of the molecule is Cc1ccc(C(=O)NCc2cccc3ncsc23)cc1NC(=O)C1CCCOC1. The fraction of sp³-hybridized carbons (Fsp3) is 0.318. The molecule has 1 saturated heterocycles. The molecule has 0 aliphatic carbocycles. The number of carbonyl (C=O) groups excluding carboxylic acids is 2. The summed E-state index contributed by atoms with van der Waals surface area (Å²) >= 11 is 1.57. The number of ether oxygens (including phenoxy) is 1. The number of rotatable bonds is 5. The first-order valence-corrected chi connectivity index (χ1v) is 10.6. The Balaban J connectivity index is 1.44. The number of hydrogen-bond acceptors (Lipinski definition) is 5. The molecule has 1 aromatic heterocycles. The van der Waals surface area contributed by atoms with E-state index in [2.05, 4.69) is 15.6 Å². The molecule has 1 aliphatic rings. The molecule has 0 bridgehead atoms. The average molecular weight is 410 g/mol. The first-order chi connectivity index (χ1) is 14.1. The molecule has 1 fully saturated rings. The van der Waals surface area contributed by atoms with E-state index in [0.717, 1.165) is 34.2 Å². The first kappa shape index (κ1) is 19.5. The lowest BCUT2D eigenvalue weighted by atomic mass is 10.0. The van der Waals surface area contributed by atoms with Crippen LogP contribution in [0.4, 0.5) is 5.69 Å². The van der Waals surface area contributed by atoms with Crippen LogP contribution in [0.5, 0.6) is 0 Å². The van der Waals surface area contributed by atoms with Crippen molar-refractivity contribution in [2.24, 2.45) is 5.92 Å². The minimum absolute atomic E-state index is 0.0535. The normalized spacial score (nSPS) is 16.5. The van der Waals surface area contributed by atoms with Crippen molar-refractivity contribution in [1.29, 1.82) is 0 Å². The molecule has 1 aliphatic heterocycles. The first-order valence-electron chi connectivity index (χ1n) is 9.70. The zero-order chi connectivity index (χ0) is 20.2. The molecule has 0 radical (unpaired) electrons. The van der Waals surface area contributed by atoms with Gasteiger partial charge >= 0.3 is 0 Å². The average Bonchev–Trinajstić information content (AvgIpc) is 3.23. The topological polar surface area (TPSA) is 80.3 Å². The van der Waals surface area contributed by atoms with Gasteiger partial charge in [-0.25, -0.2) is 4.98 Å². The lowest BCUT2D eigenvalue weighted by Crippen LogP contribution is -2.30. The van der Waals surface area contributed by atoms with Gasteiger partial charge in [-0.3, -0.25) is 9.59 Å². The predicted octanol–water partition coefficient (Wildman–Crippen LogP) is 3.90. The van der Waals surface area contributed by atoms with Gasteiger partial charge in [0.05, 0.1) is 28.3 Å². The third kappa shape index (κ3) is 4.46. The van der Waals surface area contributed by atoms with Gasteiger partial charge < -0.3 is 15.4 Å². The summed E-state index contributed by atoms with van der Waals surface area (Å²) in [4.78, 5) is 29.5. The zero-order valence-corrected chi connectivity index (χ0v) is 17.1. The van der Waals surface area contributed by atoms with Crippen LogP contribution in [0.15, 0.2) is 41.9 Å². The van der Waals surface area contributed by atoms with Gasteiger partial charge in [-0.05, 0) is 49.1 Å². The van der Waals surface area contributed by atoms with E-state index in [-0.39, 0.29) is 17.7 Å². The molecule has 1 unspecified atom stereocenters. The Hall–Kier alpha value is -2.77. The number of aromatic nitrogens is 1. The molecule has 2 aromatic carbocycles. The van der Waals surface area contributed by atoms with E-state index in [1.807, 2.05) is 36.7 Å². The second-order valence-electron chi connectivity index (χ2n) is 7.23. The third-order valence-electron chi connectivity index (χ3n) is 5.17. The van der Waals surface area contributed by atoms with Crippen molar-refractivity contribution in [3.8, 4) is 0 Å². The molecule has 1 atom stereocenters. The van der Waals surface area contributed by atoms with Gasteiger partial charge in [-0.15, -0.1) is 11.3 Å². The molecule has 2 N–H and O–H groups in total. The van der Waals surface area contributed by atoms with Gasteiger partial charge in [-0.1, -0.05) is 18.2 Å². The van der Waals surface area contributed by atoms with Gasteiger partial charge in [0.1, 0.15) is 0 Å². The highest BCUT2D eigenvalue weighted by Crippen LogP contribution is 2.23. The van der Waals surface area contributed by atoms with Crippen LogP contribution in [0.25, 0.3) is 10.2 Å². The Morgan fingerprint density at radius 3 is 3.00 bits per heavy atom. The van der Waals surface area contributed by atoms with E-state index in [1.54, 1.807) is 23.5 Å². The summed E-state index contributed by atoms with van der Waals surface area (Å²) in [7, 11) is 0. The van der Waals surface area contributed by atoms with Gasteiger partial charge in [0.2, 0.25) is 5.91 Å². The summed E-state index contributed by atoms with van der Waals surface area (Å²) in [6.07, 6.45) is 1.72. The molecule has 3 aromatic rings. The maximum Gasteiger partial charge on any atom is 0.251 e. The summed E-state index contributed by atoms with van der Waals surface area (Å²) in [5.74, 6) is -0.370. The summed E-state index contributed by atoms with van der Waals surface area (Å²) < 4.78 is 6.49. The second kappa shape index (κ2) is 8.71. The molecule has 150 valence electrons. The van der Waals surface area contributed by atoms with E-state index in [4.69, 9.17) is 4.74 Å². The van der Waals surface area contributed by atoms with E-state index < -0.39 is 0 Å². The lowest BCUT2D eigenvalue weighted by Gasteiger charge is -2.22. The minimum Gasteiger partial charge on any atom is -0.381 e. The van der Waals surface area contributed by atoms with E-state index in [9.17, 15) is 9.59 Å². The Kier molecular flexibility index (Phi) is 5.87. The maximum absolute atomic E-state index is 12.7. The van der Waals surface area contributed by atoms with Crippen LogP contribution in [0, 0.1) is 12.8 Å². The standard InChI is InChI=1S/C22H23N3O3S/c1-14-7-8-15(10-19(14)25-22(27)17-5-3-9-28-12-17)21(26)23-11-16-4-2-6-18-20(16)29-13-24-18/h2,4,6-8,10,13,17H,3,5,9,11-12H2,1H3,(H,23,26)(H,25,27). The highest BCUT2D eigenvalue weighted by molar-refractivity contribution is 7.16. The number of benzene rings is 2. The fourth-order valence-electron chi connectivity index (χ4n) is 3.44. The van der Waals surface area contributed by atoms with E-state index in [1.165, 1.54) is 0 Å².